The normalized spacial score (nSPS) is 11.5. The Balaban J connectivity index is 2.45. The molecule has 0 bridgehead atoms. The third kappa shape index (κ3) is 3.15. The number of fused-ring (bicyclic) bond motifs is 1. The lowest BCUT2D eigenvalue weighted by Gasteiger charge is -2.12. The maximum Gasteiger partial charge on any atom is 0.162 e. The van der Waals surface area contributed by atoms with Crippen molar-refractivity contribution in [2.75, 3.05) is 32.0 Å². The van der Waals surface area contributed by atoms with E-state index in [1.54, 1.807) is 19.4 Å². The highest BCUT2D eigenvalue weighted by molar-refractivity contribution is 7.62. The van der Waals surface area contributed by atoms with Crippen LogP contribution in [0.3, 0.4) is 0 Å². The first-order chi connectivity index (χ1) is 8.90. The average Bonchev–Trinajstić information content (AvgIpc) is 2.34. The number of hydrogen-bond donors (Lipinski definition) is 2. The molecule has 0 aliphatic carbocycles. The number of methoxy groups -OCH3 is 1. The van der Waals surface area contributed by atoms with Crippen LogP contribution in [0.25, 0.3) is 10.9 Å². The van der Waals surface area contributed by atoms with Gasteiger partial charge in [0.1, 0.15) is 12.1 Å². The topological polar surface area (TPSA) is 84.3 Å². The molecule has 1 heterocycles. The lowest BCUT2D eigenvalue weighted by Crippen LogP contribution is -2.04. The van der Waals surface area contributed by atoms with Crippen LogP contribution in [0, 0.1) is 0 Å². The van der Waals surface area contributed by atoms with Crippen molar-refractivity contribution in [1.29, 1.82) is 0 Å². The Hall–Kier alpha value is -1.81. The Bertz CT molecular complexity index is 654. The first-order valence-electron chi connectivity index (χ1n) is 5.70. The van der Waals surface area contributed by atoms with Gasteiger partial charge >= 0.3 is 0 Å². The Kier molecular flexibility index (Phi) is 3.62. The molecule has 0 fully saturated rings. The van der Waals surface area contributed by atoms with Crippen LogP contribution < -0.4 is 10.1 Å². The number of hydrogen-bond acceptors (Lipinski definition) is 6. The minimum Gasteiger partial charge on any atom is -0.504 e. The third-order valence-electron chi connectivity index (χ3n) is 2.56. The Labute approximate surface area is 111 Å². The molecule has 0 atom stereocenters. The Morgan fingerprint density at radius 2 is 2.11 bits per heavy atom. The highest BCUT2D eigenvalue weighted by Gasteiger charge is 2.12. The number of aromatic hydroxyl groups is 1. The van der Waals surface area contributed by atoms with E-state index in [1.807, 2.05) is 0 Å². The molecule has 6 nitrogen and oxygen atoms in total. The van der Waals surface area contributed by atoms with E-state index in [1.165, 1.54) is 19.5 Å². The molecule has 0 saturated carbocycles. The van der Waals surface area contributed by atoms with Gasteiger partial charge in [0.15, 0.2) is 11.5 Å². The van der Waals surface area contributed by atoms with E-state index in [4.69, 9.17) is 4.74 Å². The van der Waals surface area contributed by atoms with Crippen molar-refractivity contribution in [3.8, 4) is 11.5 Å². The SMILES string of the molecule is COc1cc2ncnc(NCP(C)(C)=O)c2cc1O. The van der Waals surface area contributed by atoms with Crippen LogP contribution in [0.5, 0.6) is 11.5 Å². The fourth-order valence-corrected chi connectivity index (χ4v) is 2.17. The zero-order chi connectivity index (χ0) is 14.0. The number of rotatable bonds is 4. The van der Waals surface area contributed by atoms with Gasteiger partial charge in [-0.1, -0.05) is 0 Å². The molecule has 0 unspecified atom stereocenters. The maximum atomic E-state index is 11.7. The van der Waals surface area contributed by atoms with Crippen LogP contribution in [0.15, 0.2) is 18.5 Å². The van der Waals surface area contributed by atoms with Crippen LogP contribution in [0.1, 0.15) is 0 Å². The highest BCUT2D eigenvalue weighted by Crippen LogP contribution is 2.37. The largest absolute Gasteiger partial charge is 0.504 e. The van der Waals surface area contributed by atoms with Crippen LogP contribution in [0.4, 0.5) is 5.82 Å². The summed E-state index contributed by atoms with van der Waals surface area (Å²) in [5.41, 5.74) is 0.647. The molecule has 2 N–H and O–H groups in total. The zero-order valence-corrected chi connectivity index (χ0v) is 11.9. The molecule has 2 rings (SSSR count). The monoisotopic (exact) mass is 281 g/mol. The van der Waals surface area contributed by atoms with Gasteiger partial charge in [-0.3, -0.25) is 0 Å². The second-order valence-electron chi connectivity index (χ2n) is 4.67. The smallest absolute Gasteiger partial charge is 0.162 e. The molecule has 0 amide bonds. The molecular formula is C12H16N3O3P. The molecule has 1 aromatic carbocycles. The quantitative estimate of drug-likeness (QED) is 0.837. The maximum absolute atomic E-state index is 11.7. The molecule has 0 aliphatic rings. The summed E-state index contributed by atoms with van der Waals surface area (Å²) in [4.78, 5) is 8.24. The lowest BCUT2D eigenvalue weighted by atomic mass is 10.2. The minimum absolute atomic E-state index is 0.0176. The van der Waals surface area contributed by atoms with Gasteiger partial charge in [-0.2, -0.15) is 0 Å². The van der Waals surface area contributed by atoms with Crippen LogP contribution in [-0.4, -0.2) is 41.8 Å². The molecule has 0 radical (unpaired) electrons. The number of phenols is 1. The first-order valence-corrected chi connectivity index (χ1v) is 8.49. The third-order valence-corrected chi connectivity index (χ3v) is 3.48. The summed E-state index contributed by atoms with van der Waals surface area (Å²) in [6.07, 6.45) is 1.75. The molecule has 19 heavy (non-hydrogen) atoms. The van der Waals surface area contributed by atoms with Gasteiger partial charge in [-0.05, 0) is 19.4 Å². The molecule has 0 aliphatic heterocycles. The number of aromatic nitrogens is 2. The van der Waals surface area contributed by atoms with Gasteiger partial charge in [0, 0.05) is 11.5 Å². The van der Waals surface area contributed by atoms with E-state index < -0.39 is 7.14 Å². The van der Waals surface area contributed by atoms with E-state index >= 15 is 0 Å². The van der Waals surface area contributed by atoms with Gasteiger partial charge in [-0.25, -0.2) is 9.97 Å². The van der Waals surface area contributed by atoms with Gasteiger partial charge in [0.2, 0.25) is 0 Å². The number of anilines is 1. The summed E-state index contributed by atoms with van der Waals surface area (Å²) in [5.74, 6) is 0.921. The van der Waals surface area contributed by atoms with Crippen molar-refractivity contribution in [3.05, 3.63) is 18.5 Å². The zero-order valence-electron chi connectivity index (χ0n) is 11.0. The van der Waals surface area contributed by atoms with Crippen LogP contribution in [-0.2, 0) is 4.57 Å². The minimum atomic E-state index is -2.20. The molecule has 1 aromatic heterocycles. The van der Waals surface area contributed by atoms with E-state index in [0.717, 1.165) is 0 Å². The van der Waals surface area contributed by atoms with Crippen LogP contribution >= 0.6 is 7.14 Å². The van der Waals surface area contributed by atoms with Crippen molar-refractivity contribution in [2.24, 2.45) is 0 Å². The van der Waals surface area contributed by atoms with Gasteiger partial charge in [0.05, 0.1) is 26.1 Å². The standard InChI is InChI=1S/C12H16N3O3P/c1-18-11-5-9-8(4-10(11)16)12(14-6-13-9)15-7-19(2,3)17/h4-6,16H,7H2,1-3H3,(H,13,14,15). The lowest BCUT2D eigenvalue weighted by molar-refractivity contribution is 0.374. The predicted octanol–water partition coefficient (Wildman–Crippen LogP) is 2.34. The van der Waals surface area contributed by atoms with Crippen molar-refractivity contribution in [2.45, 2.75) is 0 Å². The van der Waals surface area contributed by atoms with Gasteiger partial charge in [0.25, 0.3) is 0 Å². The van der Waals surface area contributed by atoms with E-state index in [0.29, 0.717) is 28.8 Å². The van der Waals surface area contributed by atoms with Crippen molar-refractivity contribution in [1.82, 2.24) is 9.97 Å². The number of benzene rings is 1. The highest BCUT2D eigenvalue weighted by atomic mass is 31.2. The van der Waals surface area contributed by atoms with Gasteiger partial charge < -0.3 is 19.7 Å². The fourth-order valence-electron chi connectivity index (χ4n) is 1.64. The Morgan fingerprint density at radius 3 is 2.74 bits per heavy atom. The number of nitrogens with zero attached hydrogens (tertiary/aromatic N) is 2. The number of phenolic OH excluding ortho intramolecular Hbond substituents is 1. The van der Waals surface area contributed by atoms with Crippen LogP contribution in [0.2, 0.25) is 0 Å². The summed E-state index contributed by atoms with van der Waals surface area (Å²) in [6, 6.07) is 3.17. The summed E-state index contributed by atoms with van der Waals surface area (Å²) in [5, 5.41) is 13.5. The average molecular weight is 281 g/mol. The fraction of sp³-hybridized carbons (Fsp3) is 0.333. The Morgan fingerprint density at radius 1 is 1.37 bits per heavy atom. The van der Waals surface area contributed by atoms with Crippen molar-refractivity contribution >= 4 is 23.9 Å². The summed E-state index contributed by atoms with van der Waals surface area (Å²) < 4.78 is 16.7. The molecule has 7 heteroatoms. The summed E-state index contributed by atoms with van der Waals surface area (Å²) in [6.45, 7) is 3.40. The van der Waals surface area contributed by atoms with E-state index in [-0.39, 0.29) is 5.75 Å². The number of ether oxygens (including phenoxy) is 1. The van der Waals surface area contributed by atoms with Crippen molar-refractivity contribution in [3.63, 3.8) is 0 Å². The van der Waals surface area contributed by atoms with Gasteiger partial charge in [-0.15, -0.1) is 0 Å². The molecule has 102 valence electrons. The number of nitrogens with one attached hydrogen (secondary N) is 1. The molecule has 0 spiro atoms. The van der Waals surface area contributed by atoms with E-state index in [9.17, 15) is 9.67 Å². The second-order valence-corrected chi connectivity index (χ2v) is 8.14. The summed E-state index contributed by atoms with van der Waals surface area (Å²) >= 11 is 0. The second kappa shape index (κ2) is 5.05. The van der Waals surface area contributed by atoms with E-state index in [2.05, 4.69) is 15.3 Å². The molecule has 2 aromatic rings. The first kappa shape index (κ1) is 13.6. The predicted molar refractivity (Wildman–Crippen MR) is 75.7 cm³/mol. The van der Waals surface area contributed by atoms with Crippen molar-refractivity contribution < 1.29 is 14.4 Å². The molecular weight excluding hydrogens is 265 g/mol. The molecule has 0 saturated heterocycles. The summed E-state index contributed by atoms with van der Waals surface area (Å²) in [7, 11) is -0.717.